The molecule has 0 radical (unpaired) electrons. The molecule has 0 unspecified atom stereocenters. The molecule has 0 atom stereocenters. The Morgan fingerprint density at radius 2 is 1.79 bits per heavy atom. The molecule has 0 N–H and O–H groups in total. The first-order valence-electron chi connectivity index (χ1n) is 9.33. The molecule has 0 bridgehead atoms. The largest absolute Gasteiger partial charge is 0.493 e. The summed E-state index contributed by atoms with van der Waals surface area (Å²) in [5.41, 5.74) is 0. The number of benzene rings is 2. The highest BCUT2D eigenvalue weighted by Gasteiger charge is 2.27. The lowest BCUT2D eigenvalue weighted by molar-refractivity contribution is 0.344. The fourth-order valence-electron chi connectivity index (χ4n) is 3.25. The van der Waals surface area contributed by atoms with Gasteiger partial charge in [-0.2, -0.15) is 4.31 Å². The van der Waals surface area contributed by atoms with Crippen LogP contribution in [0.2, 0.25) is 0 Å². The first-order valence-corrected chi connectivity index (χ1v) is 11.8. The third kappa shape index (κ3) is 4.32. The number of rotatable bonds is 7. The van der Waals surface area contributed by atoms with E-state index in [4.69, 9.17) is 4.74 Å². The van der Waals surface area contributed by atoms with E-state index in [9.17, 15) is 8.42 Å². The van der Waals surface area contributed by atoms with Crippen molar-refractivity contribution in [3.05, 3.63) is 60.8 Å². The molecule has 5 nitrogen and oxygen atoms in total. The van der Waals surface area contributed by atoms with Gasteiger partial charge in [0.1, 0.15) is 10.6 Å². The molecular formula is C21H22N2O3S2. The summed E-state index contributed by atoms with van der Waals surface area (Å²) < 4.78 is 32.4. The zero-order valence-electron chi connectivity index (χ0n) is 15.5. The molecule has 1 aliphatic rings. The highest BCUT2D eigenvalue weighted by molar-refractivity contribution is 7.99. The van der Waals surface area contributed by atoms with E-state index >= 15 is 0 Å². The van der Waals surface area contributed by atoms with Gasteiger partial charge in [-0.05, 0) is 47.9 Å². The maximum absolute atomic E-state index is 12.5. The van der Waals surface area contributed by atoms with Crippen LogP contribution in [0.1, 0.15) is 12.8 Å². The minimum atomic E-state index is -3.40. The molecule has 7 heteroatoms. The molecule has 0 spiro atoms. The molecule has 28 heavy (non-hydrogen) atoms. The van der Waals surface area contributed by atoms with Crippen molar-refractivity contribution in [1.82, 2.24) is 9.29 Å². The molecule has 4 rings (SSSR count). The van der Waals surface area contributed by atoms with E-state index in [1.165, 1.54) is 15.9 Å². The summed E-state index contributed by atoms with van der Waals surface area (Å²) in [4.78, 5) is 4.57. The van der Waals surface area contributed by atoms with Gasteiger partial charge < -0.3 is 4.74 Å². The van der Waals surface area contributed by atoms with E-state index in [-0.39, 0.29) is 4.90 Å². The molecular weight excluding hydrogens is 392 g/mol. The van der Waals surface area contributed by atoms with E-state index in [1.54, 1.807) is 23.9 Å². The molecule has 2 heterocycles. The standard InChI is InChI=1S/C21H22N2O3S2/c24-28(25,23-11-3-4-12-23)20-9-10-21(22-16-20)27-14-13-26-19-8-7-17-5-1-2-6-18(17)15-19/h1-2,5-10,15-16H,3-4,11-14H2. The summed E-state index contributed by atoms with van der Waals surface area (Å²) in [6.07, 6.45) is 3.32. The van der Waals surface area contributed by atoms with Crippen LogP contribution in [0, 0.1) is 0 Å². The van der Waals surface area contributed by atoms with Crippen molar-refractivity contribution in [2.75, 3.05) is 25.4 Å². The van der Waals surface area contributed by atoms with E-state index < -0.39 is 10.0 Å². The van der Waals surface area contributed by atoms with Crippen molar-refractivity contribution >= 4 is 32.6 Å². The molecule has 0 aliphatic carbocycles. The number of pyridine rings is 1. The number of sulfonamides is 1. The van der Waals surface area contributed by atoms with Gasteiger partial charge in [0.05, 0.1) is 11.6 Å². The Balaban J connectivity index is 1.30. The van der Waals surface area contributed by atoms with Gasteiger partial charge in [0.15, 0.2) is 0 Å². The summed E-state index contributed by atoms with van der Waals surface area (Å²) in [6, 6.07) is 17.7. The average Bonchev–Trinajstić information content (AvgIpc) is 3.27. The maximum Gasteiger partial charge on any atom is 0.244 e. The van der Waals surface area contributed by atoms with Crippen LogP contribution in [0.5, 0.6) is 5.75 Å². The molecule has 0 saturated carbocycles. The summed E-state index contributed by atoms with van der Waals surface area (Å²) in [6.45, 7) is 1.76. The molecule has 1 fully saturated rings. The second-order valence-electron chi connectivity index (χ2n) is 6.65. The molecule has 1 saturated heterocycles. The Kier molecular flexibility index (Phi) is 5.85. The number of hydrogen-bond donors (Lipinski definition) is 0. The van der Waals surface area contributed by atoms with Gasteiger partial charge in [-0.3, -0.25) is 0 Å². The topological polar surface area (TPSA) is 59.5 Å². The third-order valence-electron chi connectivity index (χ3n) is 4.73. The predicted octanol–water partition coefficient (Wildman–Crippen LogP) is 4.19. The first kappa shape index (κ1) is 19.2. The number of aromatic nitrogens is 1. The molecule has 146 valence electrons. The van der Waals surface area contributed by atoms with Crippen LogP contribution < -0.4 is 4.74 Å². The van der Waals surface area contributed by atoms with Crippen molar-refractivity contribution in [2.45, 2.75) is 22.8 Å². The highest BCUT2D eigenvalue weighted by atomic mass is 32.2. The van der Waals surface area contributed by atoms with Gasteiger partial charge >= 0.3 is 0 Å². The highest BCUT2D eigenvalue weighted by Crippen LogP contribution is 2.23. The van der Waals surface area contributed by atoms with Crippen LogP contribution >= 0.6 is 11.8 Å². The molecule has 0 amide bonds. The van der Waals surface area contributed by atoms with Crippen LogP contribution in [-0.4, -0.2) is 43.2 Å². The summed E-state index contributed by atoms with van der Waals surface area (Å²) in [5, 5.41) is 3.14. The van der Waals surface area contributed by atoms with Gasteiger partial charge in [-0.25, -0.2) is 13.4 Å². The SMILES string of the molecule is O=S(=O)(c1ccc(SCCOc2ccc3ccccc3c2)nc1)N1CCCC1. The van der Waals surface area contributed by atoms with E-state index in [0.29, 0.717) is 19.7 Å². The van der Waals surface area contributed by atoms with Crippen LogP contribution in [0.3, 0.4) is 0 Å². The number of ether oxygens (including phenoxy) is 1. The quantitative estimate of drug-likeness (QED) is 0.429. The first-order chi connectivity index (χ1) is 13.6. The van der Waals surface area contributed by atoms with Gasteiger partial charge in [0, 0.05) is 25.0 Å². The van der Waals surface area contributed by atoms with E-state index in [0.717, 1.165) is 34.8 Å². The van der Waals surface area contributed by atoms with Crippen LogP contribution in [0.15, 0.2) is 70.7 Å². The Hall–Kier alpha value is -2.09. The fourth-order valence-corrected chi connectivity index (χ4v) is 5.38. The summed E-state index contributed by atoms with van der Waals surface area (Å²) in [5.74, 6) is 1.58. The minimum absolute atomic E-state index is 0.270. The number of nitrogens with zero attached hydrogens (tertiary/aromatic N) is 2. The Morgan fingerprint density at radius 3 is 2.54 bits per heavy atom. The minimum Gasteiger partial charge on any atom is -0.493 e. The lowest BCUT2D eigenvalue weighted by Gasteiger charge is -2.15. The normalized spacial score (nSPS) is 15.1. The summed E-state index contributed by atoms with van der Waals surface area (Å²) >= 11 is 1.55. The molecule has 1 aliphatic heterocycles. The van der Waals surface area contributed by atoms with Gasteiger partial charge in [0.2, 0.25) is 10.0 Å². The van der Waals surface area contributed by atoms with Gasteiger partial charge in [-0.15, -0.1) is 11.8 Å². The predicted molar refractivity (Wildman–Crippen MR) is 112 cm³/mol. The van der Waals surface area contributed by atoms with Crippen LogP contribution in [0.25, 0.3) is 10.8 Å². The zero-order chi connectivity index (χ0) is 19.4. The van der Waals surface area contributed by atoms with Crippen molar-refractivity contribution in [2.24, 2.45) is 0 Å². The second kappa shape index (κ2) is 8.51. The van der Waals surface area contributed by atoms with E-state index in [2.05, 4.69) is 23.2 Å². The van der Waals surface area contributed by atoms with Gasteiger partial charge in [0.25, 0.3) is 0 Å². The monoisotopic (exact) mass is 414 g/mol. The van der Waals surface area contributed by atoms with Crippen molar-refractivity contribution in [3.8, 4) is 5.75 Å². The number of fused-ring (bicyclic) bond motifs is 1. The zero-order valence-corrected chi connectivity index (χ0v) is 17.1. The van der Waals surface area contributed by atoms with Gasteiger partial charge in [-0.1, -0.05) is 30.3 Å². The van der Waals surface area contributed by atoms with Crippen LogP contribution in [-0.2, 0) is 10.0 Å². The Morgan fingerprint density at radius 1 is 1.00 bits per heavy atom. The lowest BCUT2D eigenvalue weighted by atomic mass is 10.1. The third-order valence-corrected chi connectivity index (χ3v) is 7.53. The average molecular weight is 415 g/mol. The van der Waals surface area contributed by atoms with Crippen LogP contribution in [0.4, 0.5) is 0 Å². The smallest absolute Gasteiger partial charge is 0.244 e. The van der Waals surface area contributed by atoms with Crippen molar-refractivity contribution in [1.29, 1.82) is 0 Å². The Labute approximate surface area is 169 Å². The van der Waals surface area contributed by atoms with Crippen molar-refractivity contribution in [3.63, 3.8) is 0 Å². The number of hydrogen-bond acceptors (Lipinski definition) is 5. The number of thioether (sulfide) groups is 1. The molecule has 2 aromatic carbocycles. The lowest BCUT2D eigenvalue weighted by Crippen LogP contribution is -2.27. The Bertz CT molecular complexity index is 1050. The maximum atomic E-state index is 12.5. The molecule has 3 aromatic rings. The molecule has 1 aromatic heterocycles. The van der Waals surface area contributed by atoms with E-state index in [1.807, 2.05) is 24.3 Å². The van der Waals surface area contributed by atoms with Crippen molar-refractivity contribution < 1.29 is 13.2 Å². The second-order valence-corrected chi connectivity index (χ2v) is 9.70. The fraction of sp³-hybridized carbons (Fsp3) is 0.286. The summed E-state index contributed by atoms with van der Waals surface area (Å²) in [7, 11) is -3.40.